The minimum absolute atomic E-state index is 0.118. The second-order valence-corrected chi connectivity index (χ2v) is 5.08. The smallest absolute Gasteiger partial charge is 0.335 e. The lowest BCUT2D eigenvalue weighted by atomic mass is 9.98. The first kappa shape index (κ1) is 14.8. The van der Waals surface area contributed by atoms with Gasteiger partial charge in [-0.05, 0) is 42.0 Å². The summed E-state index contributed by atoms with van der Waals surface area (Å²) >= 11 is 0. The molecule has 5 heteroatoms. The number of fused-ring (bicyclic) bond motifs is 1. The lowest BCUT2D eigenvalue weighted by Crippen LogP contribution is -2.19. The van der Waals surface area contributed by atoms with E-state index in [1.807, 2.05) is 0 Å². The Bertz CT molecular complexity index is 803. The van der Waals surface area contributed by atoms with E-state index in [-0.39, 0.29) is 18.0 Å². The lowest BCUT2D eigenvalue weighted by molar-refractivity contribution is 0.0696. The molecular weight excluding hydrogens is 296 g/mol. The van der Waals surface area contributed by atoms with Crippen LogP contribution in [0.3, 0.4) is 0 Å². The zero-order valence-electron chi connectivity index (χ0n) is 12.4. The van der Waals surface area contributed by atoms with Crippen LogP contribution >= 0.6 is 0 Å². The Balaban J connectivity index is 1.91. The van der Waals surface area contributed by atoms with E-state index in [1.165, 1.54) is 19.2 Å². The third kappa shape index (κ3) is 2.94. The number of ether oxygens (including phenoxy) is 2. The number of carbonyl (C=O) groups excluding carboxylic acids is 1. The molecular formula is C18H14O5. The van der Waals surface area contributed by atoms with Crippen LogP contribution < -0.4 is 9.47 Å². The molecule has 1 N–H and O–H groups in total. The number of Topliss-reactive ketones (excluding diaryl/α,β-unsaturated/α-hetero) is 1. The SMILES string of the molecule is COc1ccc2c(c1)C(=O)/C(=C/c1ccc(C(=O)O)cc1)CO2. The Hall–Kier alpha value is -3.08. The van der Waals surface area contributed by atoms with E-state index in [0.717, 1.165) is 5.56 Å². The highest BCUT2D eigenvalue weighted by molar-refractivity contribution is 6.14. The summed E-state index contributed by atoms with van der Waals surface area (Å²) in [5.41, 5.74) is 1.92. The van der Waals surface area contributed by atoms with Crippen molar-refractivity contribution in [2.45, 2.75) is 0 Å². The molecule has 0 bridgehead atoms. The van der Waals surface area contributed by atoms with Crippen LogP contribution in [0.1, 0.15) is 26.3 Å². The van der Waals surface area contributed by atoms with Crippen LogP contribution in [0.15, 0.2) is 48.0 Å². The van der Waals surface area contributed by atoms with Gasteiger partial charge in [0.1, 0.15) is 18.1 Å². The maximum Gasteiger partial charge on any atom is 0.335 e. The second-order valence-electron chi connectivity index (χ2n) is 5.08. The van der Waals surface area contributed by atoms with Crippen molar-refractivity contribution >= 4 is 17.8 Å². The Morgan fingerprint density at radius 2 is 1.96 bits per heavy atom. The van der Waals surface area contributed by atoms with Gasteiger partial charge in [0, 0.05) is 5.57 Å². The molecule has 0 aromatic heterocycles. The van der Waals surface area contributed by atoms with E-state index in [4.69, 9.17) is 14.6 Å². The van der Waals surface area contributed by atoms with Gasteiger partial charge in [-0.15, -0.1) is 0 Å². The van der Waals surface area contributed by atoms with Crippen LogP contribution in [0, 0.1) is 0 Å². The lowest BCUT2D eigenvalue weighted by Gasteiger charge is -2.19. The van der Waals surface area contributed by atoms with E-state index in [2.05, 4.69) is 0 Å². The molecule has 1 aliphatic heterocycles. The van der Waals surface area contributed by atoms with Crippen molar-refractivity contribution in [2.24, 2.45) is 0 Å². The molecule has 5 nitrogen and oxygen atoms in total. The molecule has 0 spiro atoms. The van der Waals surface area contributed by atoms with Gasteiger partial charge in [-0.1, -0.05) is 12.1 Å². The van der Waals surface area contributed by atoms with Gasteiger partial charge in [-0.2, -0.15) is 0 Å². The van der Waals surface area contributed by atoms with Gasteiger partial charge in [0.05, 0.1) is 18.2 Å². The number of carboxylic acids is 1. The third-order valence-corrected chi connectivity index (χ3v) is 3.60. The largest absolute Gasteiger partial charge is 0.497 e. The van der Waals surface area contributed by atoms with Crippen LogP contribution in [-0.2, 0) is 0 Å². The van der Waals surface area contributed by atoms with E-state index in [1.54, 1.807) is 36.4 Å². The molecule has 3 rings (SSSR count). The van der Waals surface area contributed by atoms with Gasteiger partial charge in [0.25, 0.3) is 0 Å². The van der Waals surface area contributed by atoms with Crippen molar-refractivity contribution in [3.63, 3.8) is 0 Å². The topological polar surface area (TPSA) is 72.8 Å². The predicted molar refractivity (Wildman–Crippen MR) is 84.2 cm³/mol. The number of hydrogen-bond donors (Lipinski definition) is 1. The highest BCUT2D eigenvalue weighted by atomic mass is 16.5. The average molecular weight is 310 g/mol. The highest BCUT2D eigenvalue weighted by Gasteiger charge is 2.23. The first-order valence-corrected chi connectivity index (χ1v) is 6.98. The molecule has 0 aliphatic carbocycles. The zero-order valence-corrected chi connectivity index (χ0v) is 12.4. The number of ketones is 1. The van der Waals surface area contributed by atoms with E-state index in [9.17, 15) is 9.59 Å². The predicted octanol–water partition coefficient (Wildman–Crippen LogP) is 3.05. The molecule has 0 atom stereocenters. The van der Waals surface area contributed by atoms with Crippen molar-refractivity contribution in [3.05, 3.63) is 64.7 Å². The fourth-order valence-corrected chi connectivity index (χ4v) is 2.36. The summed E-state index contributed by atoms with van der Waals surface area (Å²) in [4.78, 5) is 23.4. The number of rotatable bonds is 3. The Labute approximate surface area is 132 Å². The number of hydrogen-bond acceptors (Lipinski definition) is 4. The molecule has 1 heterocycles. The number of methoxy groups -OCH3 is 1. The van der Waals surface area contributed by atoms with Crippen molar-refractivity contribution < 1.29 is 24.2 Å². The van der Waals surface area contributed by atoms with E-state index >= 15 is 0 Å². The molecule has 0 unspecified atom stereocenters. The minimum Gasteiger partial charge on any atom is -0.497 e. The van der Waals surface area contributed by atoms with Crippen LogP contribution in [0.4, 0.5) is 0 Å². The fourth-order valence-electron chi connectivity index (χ4n) is 2.36. The maximum atomic E-state index is 12.6. The average Bonchev–Trinajstić information content (AvgIpc) is 2.57. The van der Waals surface area contributed by atoms with Gasteiger partial charge < -0.3 is 14.6 Å². The van der Waals surface area contributed by atoms with E-state index < -0.39 is 5.97 Å². The molecule has 0 fully saturated rings. The standard InChI is InChI=1S/C18H14O5/c1-22-14-6-7-16-15(9-14)17(19)13(10-23-16)8-11-2-4-12(5-3-11)18(20)21/h2-9H,10H2,1H3,(H,20,21)/b13-8+. The summed E-state index contributed by atoms with van der Waals surface area (Å²) in [5, 5.41) is 8.90. The van der Waals surface area contributed by atoms with Crippen molar-refractivity contribution in [1.29, 1.82) is 0 Å². The quantitative estimate of drug-likeness (QED) is 0.882. The summed E-state index contributed by atoms with van der Waals surface area (Å²) < 4.78 is 10.7. The summed E-state index contributed by atoms with van der Waals surface area (Å²) in [6.07, 6.45) is 1.70. The Morgan fingerprint density at radius 3 is 2.61 bits per heavy atom. The molecule has 0 radical (unpaired) electrons. The number of carbonyl (C=O) groups is 2. The Morgan fingerprint density at radius 1 is 1.22 bits per heavy atom. The van der Waals surface area contributed by atoms with Crippen molar-refractivity contribution in [1.82, 2.24) is 0 Å². The van der Waals surface area contributed by atoms with Gasteiger partial charge in [0.2, 0.25) is 0 Å². The van der Waals surface area contributed by atoms with Gasteiger partial charge >= 0.3 is 5.97 Å². The van der Waals surface area contributed by atoms with Crippen molar-refractivity contribution in [2.75, 3.05) is 13.7 Å². The zero-order chi connectivity index (χ0) is 16.4. The van der Waals surface area contributed by atoms with Gasteiger partial charge in [0.15, 0.2) is 5.78 Å². The van der Waals surface area contributed by atoms with E-state index in [0.29, 0.717) is 22.6 Å². The van der Waals surface area contributed by atoms with Gasteiger partial charge in [-0.25, -0.2) is 4.79 Å². The molecule has 116 valence electrons. The summed E-state index contributed by atoms with van der Waals surface area (Å²) in [7, 11) is 1.54. The highest BCUT2D eigenvalue weighted by Crippen LogP contribution is 2.31. The third-order valence-electron chi connectivity index (χ3n) is 3.60. The monoisotopic (exact) mass is 310 g/mol. The summed E-state index contributed by atoms with van der Waals surface area (Å²) in [6.45, 7) is 0.179. The molecule has 23 heavy (non-hydrogen) atoms. The molecule has 0 amide bonds. The molecule has 1 aliphatic rings. The first-order valence-electron chi connectivity index (χ1n) is 6.98. The molecule has 0 saturated heterocycles. The Kier molecular flexibility index (Phi) is 3.85. The van der Waals surface area contributed by atoms with Crippen LogP contribution in [0.2, 0.25) is 0 Å². The van der Waals surface area contributed by atoms with Crippen LogP contribution in [-0.4, -0.2) is 30.6 Å². The first-order chi connectivity index (χ1) is 11.1. The normalized spacial score (nSPS) is 15.0. The number of carboxylic acid groups (broad SMARTS) is 1. The molecule has 0 saturated carbocycles. The molecule has 2 aromatic rings. The number of benzene rings is 2. The fraction of sp³-hybridized carbons (Fsp3) is 0.111. The summed E-state index contributed by atoms with van der Waals surface area (Å²) in [6, 6.07) is 11.4. The van der Waals surface area contributed by atoms with Crippen LogP contribution in [0.25, 0.3) is 6.08 Å². The minimum atomic E-state index is -0.984. The van der Waals surface area contributed by atoms with Gasteiger partial charge in [-0.3, -0.25) is 4.79 Å². The van der Waals surface area contributed by atoms with Crippen LogP contribution in [0.5, 0.6) is 11.5 Å². The molecule has 2 aromatic carbocycles. The second kappa shape index (κ2) is 5.96. The van der Waals surface area contributed by atoms with Crippen molar-refractivity contribution in [3.8, 4) is 11.5 Å². The maximum absolute atomic E-state index is 12.6. The summed E-state index contributed by atoms with van der Waals surface area (Å²) in [5.74, 6) is 0.0247. The number of aromatic carboxylic acids is 1.